The molecule has 0 rings (SSSR count). The van der Waals surface area contributed by atoms with Gasteiger partial charge in [-0.05, 0) is 13.8 Å². The molecule has 7 heteroatoms. The van der Waals surface area contributed by atoms with Gasteiger partial charge in [0.15, 0.2) is 0 Å². The fourth-order valence-corrected chi connectivity index (χ4v) is 1.49. The molecule has 0 aliphatic heterocycles. The van der Waals surface area contributed by atoms with Crippen molar-refractivity contribution in [2.45, 2.75) is 91.1 Å². The smallest absolute Gasteiger partial charge is 0.394 e. The van der Waals surface area contributed by atoms with Gasteiger partial charge < -0.3 is 12.0 Å². The van der Waals surface area contributed by atoms with E-state index in [0.717, 1.165) is 6.42 Å². The van der Waals surface area contributed by atoms with Gasteiger partial charge in [0.1, 0.15) is 0 Å². The molecule has 0 fully saturated rings. The second-order valence-electron chi connectivity index (χ2n) is 5.22. The van der Waals surface area contributed by atoms with Crippen molar-refractivity contribution < 1.29 is 52.2 Å². The third-order valence-corrected chi connectivity index (χ3v) is 2.35. The zero-order valence-corrected chi connectivity index (χ0v) is 17.7. The normalized spacial score (nSPS) is 10.0. The molecule has 0 aromatic heterocycles. The molecule has 0 aromatic rings. The Kier molecular flexibility index (Phi) is 33.6. The molecular formula is C15H35NaO5S. The fourth-order valence-electron chi connectivity index (χ4n) is 1.49. The summed E-state index contributed by atoms with van der Waals surface area (Å²) in [6, 6.07) is 0. The van der Waals surface area contributed by atoms with Gasteiger partial charge >= 0.3 is 40.0 Å². The van der Waals surface area contributed by atoms with E-state index in [1.807, 2.05) is 0 Å². The number of rotatable bonds is 9. The van der Waals surface area contributed by atoms with E-state index in [0.29, 0.717) is 0 Å². The molecule has 0 radical (unpaired) electrons. The Morgan fingerprint density at radius 3 is 1.32 bits per heavy atom. The van der Waals surface area contributed by atoms with Crippen LogP contribution < -0.4 is 29.6 Å². The zero-order valence-electron chi connectivity index (χ0n) is 14.9. The van der Waals surface area contributed by atoms with Crippen LogP contribution >= 0.6 is 0 Å². The predicted molar refractivity (Wildman–Crippen MR) is 88.7 cm³/mol. The van der Waals surface area contributed by atoms with Crippen LogP contribution in [0.15, 0.2) is 0 Å². The van der Waals surface area contributed by atoms with Gasteiger partial charge in [-0.2, -0.15) is 14.8 Å². The van der Waals surface area contributed by atoms with Gasteiger partial charge in [-0.25, -0.2) is 0 Å². The summed E-state index contributed by atoms with van der Waals surface area (Å²) < 4.78 is 31.6. The molecule has 0 aliphatic rings. The minimum absolute atomic E-state index is 0. The maximum atomic E-state index is 8.74. The largest absolute Gasteiger partial charge is 1.00 e. The third-order valence-electron chi connectivity index (χ3n) is 2.35. The van der Waals surface area contributed by atoms with Crippen molar-refractivity contribution in [1.82, 2.24) is 0 Å². The molecule has 0 aliphatic carbocycles. The molecule has 132 valence electrons. The average Bonchev–Trinajstić information content (AvgIpc) is 2.30. The maximum absolute atomic E-state index is 8.74. The Morgan fingerprint density at radius 1 is 0.864 bits per heavy atom. The summed E-state index contributed by atoms with van der Waals surface area (Å²) in [5.74, 6) is 0. The van der Waals surface area contributed by atoms with Crippen molar-refractivity contribution in [1.29, 1.82) is 0 Å². The molecule has 0 amide bonds. The van der Waals surface area contributed by atoms with E-state index < -0.39 is 10.4 Å². The Balaban J connectivity index is -0.000000135. The van der Waals surface area contributed by atoms with Crippen LogP contribution in [-0.4, -0.2) is 28.7 Å². The van der Waals surface area contributed by atoms with Crippen molar-refractivity contribution in [3.05, 3.63) is 6.92 Å². The van der Waals surface area contributed by atoms with Crippen molar-refractivity contribution in [3.8, 4) is 0 Å². The summed E-state index contributed by atoms with van der Waals surface area (Å²) in [5, 5.41) is 8.06. The minimum Gasteiger partial charge on any atom is -0.394 e. The Hall–Kier alpha value is 0.830. The van der Waals surface area contributed by atoms with Crippen molar-refractivity contribution in [2.24, 2.45) is 0 Å². The molecule has 5 nitrogen and oxygen atoms in total. The van der Waals surface area contributed by atoms with E-state index in [1.54, 1.807) is 13.8 Å². The second-order valence-corrected chi connectivity index (χ2v) is 6.12. The van der Waals surface area contributed by atoms with Gasteiger partial charge in [-0.15, -0.1) is 0 Å². The number of hydrogen-bond donors (Lipinski definition) is 3. The van der Waals surface area contributed by atoms with Crippen LogP contribution in [0.3, 0.4) is 0 Å². The minimum atomic E-state index is -4.67. The summed E-state index contributed by atoms with van der Waals surface area (Å²) in [5.41, 5.74) is 0. The summed E-state index contributed by atoms with van der Waals surface area (Å²) in [7, 11) is -4.67. The van der Waals surface area contributed by atoms with Gasteiger partial charge in [0.25, 0.3) is 0 Å². The quantitative estimate of drug-likeness (QED) is 0.253. The topological polar surface area (TPSA) is 94.8 Å². The van der Waals surface area contributed by atoms with Gasteiger partial charge in [0.05, 0.1) is 0 Å². The molecule has 0 atom stereocenters. The molecule has 0 aromatic carbocycles. The van der Waals surface area contributed by atoms with Crippen LogP contribution in [0, 0.1) is 6.92 Å². The summed E-state index contributed by atoms with van der Waals surface area (Å²) in [6.45, 7) is 9.56. The van der Waals surface area contributed by atoms with E-state index in [-0.39, 0.29) is 35.7 Å². The number of aliphatic hydroxyl groups is 1. The summed E-state index contributed by atoms with van der Waals surface area (Å²) in [6.07, 6.45) is 13.7. The van der Waals surface area contributed by atoms with Crippen LogP contribution in [-0.2, 0) is 10.4 Å². The van der Waals surface area contributed by atoms with E-state index >= 15 is 0 Å². The van der Waals surface area contributed by atoms with Gasteiger partial charge in [-0.3, -0.25) is 9.11 Å². The van der Waals surface area contributed by atoms with Crippen LogP contribution in [0.25, 0.3) is 0 Å². The van der Waals surface area contributed by atoms with Crippen LogP contribution in [0.1, 0.15) is 85.0 Å². The van der Waals surface area contributed by atoms with Crippen molar-refractivity contribution >= 4 is 10.4 Å². The summed E-state index contributed by atoms with van der Waals surface area (Å²) >= 11 is 0. The van der Waals surface area contributed by atoms with Gasteiger partial charge in [0.2, 0.25) is 0 Å². The molecule has 0 unspecified atom stereocenters. The van der Waals surface area contributed by atoms with Crippen LogP contribution in [0.2, 0.25) is 0 Å². The molecule has 3 N–H and O–H groups in total. The van der Waals surface area contributed by atoms with Crippen LogP contribution in [0.5, 0.6) is 0 Å². The van der Waals surface area contributed by atoms with Gasteiger partial charge in [-0.1, -0.05) is 64.7 Å². The van der Waals surface area contributed by atoms with E-state index in [4.69, 9.17) is 22.6 Å². The first-order chi connectivity index (χ1) is 9.65. The van der Waals surface area contributed by atoms with E-state index in [2.05, 4.69) is 13.8 Å². The Bertz CT molecular complexity index is 248. The molecular weight excluding hydrogens is 315 g/mol. The predicted octanol–water partition coefficient (Wildman–Crippen LogP) is 1.48. The molecule has 0 saturated carbocycles. The first-order valence-electron chi connectivity index (χ1n) is 7.82. The molecule has 0 bridgehead atoms. The third kappa shape index (κ3) is 84.8. The van der Waals surface area contributed by atoms with E-state index in [1.165, 1.54) is 57.8 Å². The average molecular weight is 350 g/mol. The molecule has 22 heavy (non-hydrogen) atoms. The summed E-state index contributed by atoms with van der Waals surface area (Å²) in [4.78, 5) is 0. The van der Waals surface area contributed by atoms with Gasteiger partial charge in [0, 0.05) is 6.10 Å². The second kappa shape index (κ2) is 24.1. The Morgan fingerprint density at radius 2 is 1.09 bits per heavy atom. The van der Waals surface area contributed by atoms with Crippen LogP contribution in [0.4, 0.5) is 0 Å². The molecule has 0 saturated heterocycles. The van der Waals surface area contributed by atoms with Crippen molar-refractivity contribution in [3.63, 3.8) is 0 Å². The standard InChI is InChI=1S/C12H25.C3H8O.Na.H2O4S/c1-3-5-7-9-11-12-10-8-6-4-2;1-3(2)4;;1-5(2,3)4/h1,3-12H2,2H3;3-4H,1-2H3;;(H2,1,2,3,4)/q-1;;+1;. The molecule has 0 spiro atoms. The molecule has 0 heterocycles. The first-order valence-corrected chi connectivity index (χ1v) is 9.22. The number of hydrogen-bond acceptors (Lipinski definition) is 3. The SMILES string of the molecule is CC(C)O.O=S(=O)(O)O.[CH2-]CCCCCCCCCCC.[Na+]. The van der Waals surface area contributed by atoms with Crippen molar-refractivity contribution in [2.75, 3.05) is 0 Å². The fraction of sp³-hybridized carbons (Fsp3) is 0.933. The Labute approximate surface area is 160 Å². The first kappa shape index (κ1) is 30.7. The number of unbranched alkanes of at least 4 members (excludes halogenated alkanes) is 9. The maximum Gasteiger partial charge on any atom is 1.00 e. The monoisotopic (exact) mass is 350 g/mol. The number of aliphatic hydroxyl groups excluding tert-OH is 1. The van der Waals surface area contributed by atoms with E-state index in [9.17, 15) is 0 Å². The zero-order chi connectivity index (χ0) is 17.1.